The van der Waals surface area contributed by atoms with Crippen molar-refractivity contribution in [2.75, 3.05) is 27.3 Å². The first-order valence-electron chi connectivity index (χ1n) is 6.19. The van der Waals surface area contributed by atoms with Crippen LogP contribution in [-0.2, 0) is 11.3 Å². The average Bonchev–Trinajstić information content (AvgIpc) is 2.30. The maximum absolute atomic E-state index is 6.07. The van der Waals surface area contributed by atoms with E-state index in [-0.39, 0.29) is 6.04 Å². The third-order valence-corrected chi connectivity index (χ3v) is 2.76. The van der Waals surface area contributed by atoms with E-state index < -0.39 is 0 Å². The first kappa shape index (κ1) is 14.2. The van der Waals surface area contributed by atoms with Gasteiger partial charge >= 0.3 is 0 Å². The van der Waals surface area contributed by atoms with Crippen LogP contribution in [0.4, 0.5) is 0 Å². The summed E-state index contributed by atoms with van der Waals surface area (Å²) in [4.78, 5) is 2.27. The van der Waals surface area contributed by atoms with E-state index in [1.54, 1.807) is 7.11 Å². The number of benzene rings is 1. The highest BCUT2D eigenvalue weighted by atomic mass is 16.5. The van der Waals surface area contributed by atoms with Crippen molar-refractivity contribution in [1.82, 2.24) is 4.90 Å². The van der Waals surface area contributed by atoms with Crippen LogP contribution >= 0.6 is 0 Å². The molecule has 1 unspecified atom stereocenters. The van der Waals surface area contributed by atoms with Crippen molar-refractivity contribution in [3.63, 3.8) is 0 Å². The molecule has 1 atom stereocenters. The quantitative estimate of drug-likeness (QED) is 0.700. The minimum absolute atomic E-state index is 0.235. The Bertz CT molecular complexity index is 290. The van der Waals surface area contributed by atoms with E-state index >= 15 is 0 Å². The fourth-order valence-electron chi connectivity index (χ4n) is 1.94. The summed E-state index contributed by atoms with van der Waals surface area (Å²) in [5.74, 6) is 0. The van der Waals surface area contributed by atoms with Crippen LogP contribution in [0.25, 0.3) is 0 Å². The summed E-state index contributed by atoms with van der Waals surface area (Å²) in [5, 5.41) is 0. The van der Waals surface area contributed by atoms with E-state index in [0.29, 0.717) is 0 Å². The molecule has 0 heterocycles. The molecule has 1 aromatic carbocycles. The Balaban J connectivity index is 2.22. The predicted molar refractivity (Wildman–Crippen MR) is 71.9 cm³/mol. The van der Waals surface area contributed by atoms with Crippen molar-refractivity contribution in [3.05, 3.63) is 35.9 Å². The molecular weight excluding hydrogens is 212 g/mol. The van der Waals surface area contributed by atoms with Crippen molar-refractivity contribution >= 4 is 0 Å². The van der Waals surface area contributed by atoms with E-state index in [4.69, 9.17) is 10.5 Å². The van der Waals surface area contributed by atoms with E-state index in [2.05, 4.69) is 36.2 Å². The number of nitrogens with two attached hydrogens (primary N) is 1. The van der Waals surface area contributed by atoms with Gasteiger partial charge in [0.2, 0.25) is 0 Å². The Labute approximate surface area is 105 Å². The van der Waals surface area contributed by atoms with Crippen molar-refractivity contribution < 1.29 is 4.74 Å². The summed E-state index contributed by atoms with van der Waals surface area (Å²) in [6, 6.07) is 10.7. The Morgan fingerprint density at radius 3 is 2.65 bits per heavy atom. The number of ether oxygens (including phenoxy) is 1. The lowest BCUT2D eigenvalue weighted by Gasteiger charge is -2.21. The lowest BCUT2D eigenvalue weighted by atomic mass is 10.1. The van der Waals surface area contributed by atoms with E-state index in [9.17, 15) is 0 Å². The number of hydrogen-bond acceptors (Lipinski definition) is 3. The van der Waals surface area contributed by atoms with Crippen molar-refractivity contribution in [2.24, 2.45) is 5.73 Å². The molecule has 0 aliphatic rings. The summed E-state index contributed by atoms with van der Waals surface area (Å²) in [6.45, 7) is 2.69. The molecule has 3 nitrogen and oxygen atoms in total. The Hall–Kier alpha value is -0.900. The first-order valence-corrected chi connectivity index (χ1v) is 6.19. The van der Waals surface area contributed by atoms with Gasteiger partial charge in [-0.3, -0.25) is 0 Å². The highest BCUT2D eigenvalue weighted by Crippen LogP contribution is 2.04. The van der Waals surface area contributed by atoms with Crippen molar-refractivity contribution in [1.29, 1.82) is 0 Å². The molecule has 1 rings (SSSR count). The van der Waals surface area contributed by atoms with Crippen molar-refractivity contribution in [3.8, 4) is 0 Å². The van der Waals surface area contributed by atoms with Crippen LogP contribution in [0.1, 0.15) is 18.4 Å². The van der Waals surface area contributed by atoms with Crippen LogP contribution in [0, 0.1) is 0 Å². The number of rotatable bonds is 8. The summed E-state index contributed by atoms with van der Waals surface area (Å²) >= 11 is 0. The summed E-state index contributed by atoms with van der Waals surface area (Å²) < 4.78 is 5.02. The van der Waals surface area contributed by atoms with Gasteiger partial charge in [-0.15, -0.1) is 0 Å². The van der Waals surface area contributed by atoms with Crippen LogP contribution in [-0.4, -0.2) is 38.3 Å². The van der Waals surface area contributed by atoms with Crippen LogP contribution in [0.15, 0.2) is 30.3 Å². The second-order valence-electron chi connectivity index (χ2n) is 4.58. The van der Waals surface area contributed by atoms with E-state index in [1.807, 2.05) is 6.07 Å². The third kappa shape index (κ3) is 6.41. The van der Waals surface area contributed by atoms with Gasteiger partial charge in [-0.2, -0.15) is 0 Å². The zero-order chi connectivity index (χ0) is 12.5. The first-order chi connectivity index (χ1) is 8.22. The number of nitrogens with zero attached hydrogens (tertiary/aromatic N) is 1. The average molecular weight is 236 g/mol. The van der Waals surface area contributed by atoms with Gasteiger partial charge in [-0.25, -0.2) is 0 Å². The smallest absolute Gasteiger partial charge is 0.0462 e. The molecule has 0 fully saturated rings. The fourth-order valence-corrected chi connectivity index (χ4v) is 1.94. The summed E-state index contributed by atoms with van der Waals surface area (Å²) in [7, 11) is 3.84. The Morgan fingerprint density at radius 1 is 1.29 bits per heavy atom. The second-order valence-corrected chi connectivity index (χ2v) is 4.58. The molecule has 1 aromatic rings. The monoisotopic (exact) mass is 236 g/mol. The molecule has 0 aromatic heterocycles. The third-order valence-electron chi connectivity index (χ3n) is 2.76. The lowest BCUT2D eigenvalue weighted by Crippen LogP contribution is -2.35. The highest BCUT2D eigenvalue weighted by molar-refractivity contribution is 5.14. The molecule has 0 bridgehead atoms. The van der Waals surface area contributed by atoms with Gasteiger partial charge in [-0.1, -0.05) is 30.3 Å². The van der Waals surface area contributed by atoms with E-state index in [0.717, 1.165) is 32.5 Å². The summed E-state index contributed by atoms with van der Waals surface area (Å²) in [5.41, 5.74) is 7.40. The minimum atomic E-state index is 0.235. The molecule has 0 aliphatic heterocycles. The second kappa shape index (κ2) is 8.23. The van der Waals surface area contributed by atoms with Gasteiger partial charge in [-0.05, 0) is 25.5 Å². The fraction of sp³-hybridized carbons (Fsp3) is 0.571. The molecular formula is C14H24N2O. The van der Waals surface area contributed by atoms with Gasteiger partial charge in [0, 0.05) is 32.8 Å². The van der Waals surface area contributed by atoms with Crippen LogP contribution in [0.2, 0.25) is 0 Å². The number of likely N-dealkylation sites (N-methyl/N-ethyl adjacent to an activating group) is 1. The molecule has 0 aliphatic carbocycles. The topological polar surface area (TPSA) is 38.5 Å². The van der Waals surface area contributed by atoms with Gasteiger partial charge in [0.15, 0.2) is 0 Å². The molecule has 0 amide bonds. The largest absolute Gasteiger partial charge is 0.385 e. The SMILES string of the molecule is COCCCC(N)CN(C)Cc1ccccc1. The molecule has 0 radical (unpaired) electrons. The molecule has 0 spiro atoms. The Kier molecular flexibility index (Phi) is 6.86. The molecule has 0 saturated heterocycles. The predicted octanol–water partition coefficient (Wildman–Crippen LogP) is 1.87. The Morgan fingerprint density at radius 2 is 2.00 bits per heavy atom. The lowest BCUT2D eigenvalue weighted by molar-refractivity contribution is 0.187. The number of hydrogen-bond donors (Lipinski definition) is 1. The number of methoxy groups -OCH3 is 1. The van der Waals surface area contributed by atoms with Crippen molar-refractivity contribution in [2.45, 2.75) is 25.4 Å². The minimum Gasteiger partial charge on any atom is -0.385 e. The maximum atomic E-state index is 6.07. The molecule has 17 heavy (non-hydrogen) atoms. The molecule has 96 valence electrons. The highest BCUT2D eigenvalue weighted by Gasteiger charge is 2.06. The normalized spacial score (nSPS) is 12.9. The van der Waals surface area contributed by atoms with Gasteiger partial charge in [0.05, 0.1) is 0 Å². The zero-order valence-electron chi connectivity index (χ0n) is 10.9. The molecule has 0 saturated carbocycles. The van der Waals surface area contributed by atoms with Crippen LogP contribution in [0.3, 0.4) is 0 Å². The molecule has 3 heteroatoms. The van der Waals surface area contributed by atoms with Gasteiger partial charge in [0.1, 0.15) is 0 Å². The standard InChI is InChI=1S/C14H24N2O/c1-16(11-13-7-4-3-5-8-13)12-14(15)9-6-10-17-2/h3-5,7-8,14H,6,9-12,15H2,1-2H3. The van der Waals surface area contributed by atoms with Gasteiger partial charge < -0.3 is 15.4 Å². The maximum Gasteiger partial charge on any atom is 0.0462 e. The van der Waals surface area contributed by atoms with Crippen LogP contribution in [0.5, 0.6) is 0 Å². The van der Waals surface area contributed by atoms with Crippen LogP contribution < -0.4 is 5.73 Å². The molecule has 2 N–H and O–H groups in total. The van der Waals surface area contributed by atoms with Gasteiger partial charge in [0.25, 0.3) is 0 Å². The van der Waals surface area contributed by atoms with E-state index in [1.165, 1.54) is 5.56 Å². The zero-order valence-corrected chi connectivity index (χ0v) is 10.9. The summed E-state index contributed by atoms with van der Waals surface area (Å²) in [6.07, 6.45) is 2.06.